The summed E-state index contributed by atoms with van der Waals surface area (Å²) in [6, 6.07) is -1.58. The number of carboxylic acid groups (broad SMARTS) is 1. The Kier molecular flexibility index (Phi) is 36.8. The number of phosphoric ester groups is 1. The van der Waals surface area contributed by atoms with E-state index in [0.717, 1.165) is 51.4 Å². The van der Waals surface area contributed by atoms with E-state index >= 15 is 0 Å². The van der Waals surface area contributed by atoms with Gasteiger partial charge < -0.3 is 40.5 Å². The zero-order valence-electron chi connectivity index (χ0n) is 36.3. The Hall–Kier alpha value is -3.72. The van der Waals surface area contributed by atoms with Gasteiger partial charge in [-0.25, -0.2) is 4.57 Å². The minimum Gasteiger partial charge on any atom is -0.480 e. The molecule has 0 amide bonds. The number of aliphatic carboxylic acids is 1. The highest BCUT2D eigenvalue weighted by Crippen LogP contribution is 2.43. The fourth-order valence-corrected chi connectivity index (χ4v) is 5.90. The molecule has 0 aromatic heterocycles. The van der Waals surface area contributed by atoms with E-state index in [1.54, 1.807) is 42.5 Å². The molecule has 0 bridgehead atoms. The summed E-state index contributed by atoms with van der Waals surface area (Å²) in [6.45, 7) is 2.18. The fourth-order valence-electron chi connectivity index (χ4n) is 5.12. The van der Waals surface area contributed by atoms with Gasteiger partial charge >= 0.3 is 25.7 Å². The molecule has 14 nitrogen and oxygen atoms in total. The van der Waals surface area contributed by atoms with Crippen LogP contribution in [0.2, 0.25) is 0 Å². The second kappa shape index (κ2) is 39.1. The van der Waals surface area contributed by atoms with Crippen molar-refractivity contribution in [1.82, 2.24) is 0 Å². The van der Waals surface area contributed by atoms with Gasteiger partial charge in [-0.1, -0.05) is 137 Å². The van der Waals surface area contributed by atoms with Gasteiger partial charge in [-0.15, -0.1) is 0 Å². The first-order valence-electron chi connectivity index (χ1n) is 21.6. The van der Waals surface area contributed by atoms with Gasteiger partial charge in [-0.3, -0.25) is 23.4 Å². The molecule has 6 atom stereocenters. The standard InChI is InChI=1S/C46H74NO13P/c1-3-5-7-8-9-10-11-12-13-14-15-16-17-18-19-24-28-34-45(52)60-40(37-58-61(55,56)59-38-41(47)46(53)54)36-57-44(51)35-29-33-43(50)42(49)32-27-23-21-20-22-26-31-39(48)30-25-6-4-2/h6,9-10,12-13,15-16,20-23,25-27,31-32,39-43,48-50H,3-5,7-8,11,14,17-19,24,28-30,33-38,47H2,1-2H3,(H,53,54)(H,55,56)/b10-9-,13-12-,16-15-,22-20+,23-21-,25-6-,31-26+,32-27-/t39-,40-,41+,42+,43+/m1/s1. The number of allylic oxidation sites excluding steroid dienone is 13. The zero-order chi connectivity index (χ0) is 45.4. The summed E-state index contributed by atoms with van der Waals surface area (Å²) < 4.78 is 32.4. The third-order valence-electron chi connectivity index (χ3n) is 8.66. The Bertz CT molecular complexity index is 1450. The van der Waals surface area contributed by atoms with Gasteiger partial charge in [0.2, 0.25) is 0 Å². The molecule has 0 rings (SSSR count). The maximum atomic E-state index is 12.6. The minimum atomic E-state index is -4.81. The number of nitrogens with two attached hydrogens (primary N) is 1. The molecule has 0 aromatic carbocycles. The van der Waals surface area contributed by atoms with Crippen molar-refractivity contribution in [2.45, 2.75) is 153 Å². The number of aliphatic hydroxyl groups is 3. The normalized spacial score (nSPS) is 16.2. The first-order chi connectivity index (χ1) is 29.3. The van der Waals surface area contributed by atoms with Crippen molar-refractivity contribution in [2.24, 2.45) is 5.73 Å². The second-order valence-corrected chi connectivity index (χ2v) is 15.8. The van der Waals surface area contributed by atoms with Crippen LogP contribution in [0.1, 0.15) is 123 Å². The SMILES string of the molecule is CC/C=C\C[C@@H](O)/C=C/C=C/C=C\C=C/[C@H](O)[C@@H](O)CCCC(=O)OC[C@H](COP(=O)(O)OC[C@H](N)C(=O)O)OC(=O)CCCCCC/C=C\C/C=C\C/C=C\CCCCC. The molecule has 0 saturated heterocycles. The molecule has 1 unspecified atom stereocenters. The Morgan fingerprint density at radius 1 is 0.656 bits per heavy atom. The first-order valence-corrected chi connectivity index (χ1v) is 23.1. The maximum absolute atomic E-state index is 12.6. The molecule has 61 heavy (non-hydrogen) atoms. The van der Waals surface area contributed by atoms with Crippen LogP contribution in [0.4, 0.5) is 0 Å². The van der Waals surface area contributed by atoms with Crippen molar-refractivity contribution in [3.05, 3.63) is 97.2 Å². The summed E-state index contributed by atoms with van der Waals surface area (Å²) in [5, 5.41) is 39.3. The predicted octanol–water partition coefficient (Wildman–Crippen LogP) is 8.19. The van der Waals surface area contributed by atoms with Gasteiger partial charge in [0.05, 0.1) is 31.5 Å². The molecule has 0 saturated carbocycles. The molecule has 15 heteroatoms. The lowest BCUT2D eigenvalue weighted by Crippen LogP contribution is -2.34. The van der Waals surface area contributed by atoms with E-state index in [2.05, 4.69) is 47.9 Å². The van der Waals surface area contributed by atoms with E-state index in [1.165, 1.54) is 25.3 Å². The van der Waals surface area contributed by atoms with Crippen LogP contribution < -0.4 is 5.73 Å². The van der Waals surface area contributed by atoms with Crippen LogP contribution in [0.25, 0.3) is 0 Å². The smallest absolute Gasteiger partial charge is 0.472 e. The average molecular weight is 880 g/mol. The zero-order valence-corrected chi connectivity index (χ0v) is 37.2. The largest absolute Gasteiger partial charge is 0.480 e. The van der Waals surface area contributed by atoms with E-state index in [0.29, 0.717) is 12.8 Å². The average Bonchev–Trinajstić information content (AvgIpc) is 3.22. The second-order valence-electron chi connectivity index (χ2n) is 14.3. The van der Waals surface area contributed by atoms with Gasteiger partial charge in [0.1, 0.15) is 12.6 Å². The molecular formula is C46H74NO13P. The number of carbonyl (C=O) groups excluding carboxylic acids is 2. The Balaban J connectivity index is 4.75. The molecule has 0 heterocycles. The fraction of sp³-hybridized carbons (Fsp3) is 0.587. The lowest BCUT2D eigenvalue weighted by molar-refractivity contribution is -0.161. The summed E-state index contributed by atoms with van der Waals surface area (Å²) >= 11 is 0. The molecule has 346 valence electrons. The maximum Gasteiger partial charge on any atom is 0.472 e. The predicted molar refractivity (Wildman–Crippen MR) is 239 cm³/mol. The lowest BCUT2D eigenvalue weighted by Gasteiger charge is -2.20. The topological polar surface area (TPSA) is 232 Å². The number of ether oxygens (including phenoxy) is 2. The van der Waals surface area contributed by atoms with Crippen LogP contribution >= 0.6 is 7.82 Å². The lowest BCUT2D eigenvalue weighted by atomic mass is 10.1. The van der Waals surface area contributed by atoms with E-state index in [9.17, 15) is 39.2 Å². The number of phosphoric acid groups is 1. The summed E-state index contributed by atoms with van der Waals surface area (Å²) in [5.74, 6) is -2.80. The molecular weight excluding hydrogens is 805 g/mol. The molecule has 0 aliphatic rings. The Morgan fingerprint density at radius 3 is 1.87 bits per heavy atom. The summed E-state index contributed by atoms with van der Waals surface area (Å²) in [4.78, 5) is 46.0. The van der Waals surface area contributed by atoms with Crippen molar-refractivity contribution >= 4 is 25.7 Å². The van der Waals surface area contributed by atoms with Crippen LogP contribution in [0.5, 0.6) is 0 Å². The Labute approximate surface area is 363 Å². The molecule has 0 radical (unpaired) electrons. The number of unbranched alkanes of at least 4 members (excludes halogenated alkanes) is 7. The highest BCUT2D eigenvalue weighted by molar-refractivity contribution is 7.47. The van der Waals surface area contributed by atoms with Crippen molar-refractivity contribution in [3.63, 3.8) is 0 Å². The van der Waals surface area contributed by atoms with Crippen LogP contribution in [-0.2, 0) is 37.5 Å². The number of hydrogen-bond donors (Lipinski definition) is 6. The van der Waals surface area contributed by atoms with Crippen molar-refractivity contribution in [1.29, 1.82) is 0 Å². The van der Waals surface area contributed by atoms with E-state index in [1.807, 2.05) is 19.1 Å². The quantitative estimate of drug-likeness (QED) is 0.0113. The number of rotatable bonds is 38. The molecule has 7 N–H and O–H groups in total. The summed E-state index contributed by atoms with van der Waals surface area (Å²) in [6.07, 6.45) is 38.5. The molecule has 0 spiro atoms. The van der Waals surface area contributed by atoms with Crippen molar-refractivity contribution in [3.8, 4) is 0 Å². The number of aliphatic hydroxyl groups excluding tert-OH is 3. The van der Waals surface area contributed by atoms with Gasteiger partial charge in [0, 0.05) is 12.8 Å². The number of carboxylic acids is 1. The van der Waals surface area contributed by atoms with Crippen LogP contribution in [0.15, 0.2) is 97.2 Å². The summed E-state index contributed by atoms with van der Waals surface area (Å²) in [5.41, 5.74) is 5.31. The van der Waals surface area contributed by atoms with Crippen LogP contribution in [0, 0.1) is 0 Å². The monoisotopic (exact) mass is 879 g/mol. The molecule has 0 aromatic rings. The first kappa shape index (κ1) is 57.3. The summed E-state index contributed by atoms with van der Waals surface area (Å²) in [7, 11) is -4.81. The van der Waals surface area contributed by atoms with Gasteiger partial charge in [0.25, 0.3) is 0 Å². The third-order valence-corrected chi connectivity index (χ3v) is 9.61. The van der Waals surface area contributed by atoms with E-state index in [4.69, 9.17) is 24.8 Å². The minimum absolute atomic E-state index is 0.0554. The highest BCUT2D eigenvalue weighted by Gasteiger charge is 2.28. The Morgan fingerprint density at radius 2 is 1.23 bits per heavy atom. The van der Waals surface area contributed by atoms with E-state index < -0.39 is 76.0 Å². The third kappa shape index (κ3) is 37.7. The molecule has 0 aliphatic heterocycles. The van der Waals surface area contributed by atoms with Gasteiger partial charge in [-0.05, 0) is 70.6 Å². The van der Waals surface area contributed by atoms with Crippen LogP contribution in [0.3, 0.4) is 0 Å². The molecule has 0 aliphatic carbocycles. The number of hydrogen-bond acceptors (Lipinski definition) is 12. The van der Waals surface area contributed by atoms with E-state index in [-0.39, 0.29) is 25.7 Å². The number of carbonyl (C=O) groups is 3. The molecule has 0 fully saturated rings. The van der Waals surface area contributed by atoms with Crippen molar-refractivity contribution < 1.29 is 62.8 Å². The van der Waals surface area contributed by atoms with Crippen molar-refractivity contribution in [2.75, 3.05) is 19.8 Å². The number of esters is 2. The van der Waals surface area contributed by atoms with Gasteiger partial charge in [-0.2, -0.15) is 0 Å². The highest BCUT2D eigenvalue weighted by atomic mass is 31.2. The van der Waals surface area contributed by atoms with Crippen LogP contribution in [-0.4, -0.2) is 93.5 Å². The van der Waals surface area contributed by atoms with Gasteiger partial charge in [0.15, 0.2) is 6.10 Å².